The zero-order chi connectivity index (χ0) is 12.3. The number of phenols is 1. The maximum atomic E-state index is 11.7. The average molecular weight is 238 g/mol. The van der Waals surface area contributed by atoms with Crippen molar-refractivity contribution in [3.63, 3.8) is 0 Å². The number of carbonyl (C=O) groups excluding carboxylic acids is 1. The number of carbonyl (C=O) groups is 1. The second kappa shape index (κ2) is 4.94. The third-order valence-corrected chi connectivity index (χ3v) is 2.59. The number of hydrogen-bond donors (Lipinski definition) is 3. The molecular weight excluding hydrogens is 224 g/mol. The molecule has 0 bridgehead atoms. The summed E-state index contributed by atoms with van der Waals surface area (Å²) in [7, 11) is 0. The number of nitrogens with one attached hydrogen (secondary N) is 1. The van der Waals surface area contributed by atoms with Crippen molar-refractivity contribution in [3.05, 3.63) is 29.3 Å². The van der Waals surface area contributed by atoms with Crippen LogP contribution in [0.1, 0.15) is 22.8 Å². The maximum absolute atomic E-state index is 11.7. The van der Waals surface area contributed by atoms with Gasteiger partial charge in [-0.25, -0.2) is 0 Å². The molecule has 1 amide bonds. The molecule has 0 aromatic heterocycles. The highest BCUT2D eigenvalue weighted by molar-refractivity contribution is 7.80. The van der Waals surface area contributed by atoms with Crippen LogP contribution in [0.4, 0.5) is 0 Å². The molecule has 0 heterocycles. The van der Waals surface area contributed by atoms with Crippen LogP contribution in [0.3, 0.4) is 0 Å². The molecule has 0 aliphatic carbocycles. The minimum atomic E-state index is -0.350. The highest BCUT2D eigenvalue weighted by atomic mass is 32.1. The first-order valence-corrected chi connectivity index (χ1v) is 5.22. The lowest BCUT2D eigenvalue weighted by atomic mass is 10.1. The highest BCUT2D eigenvalue weighted by Gasteiger charge is 2.12. The van der Waals surface area contributed by atoms with Crippen molar-refractivity contribution in [2.24, 2.45) is 5.73 Å². The Labute approximate surface area is 99.5 Å². The first-order chi connectivity index (χ1) is 7.41. The van der Waals surface area contributed by atoms with Gasteiger partial charge in [-0.1, -0.05) is 12.2 Å². The van der Waals surface area contributed by atoms with Crippen LogP contribution < -0.4 is 11.1 Å². The molecule has 1 atom stereocenters. The van der Waals surface area contributed by atoms with E-state index in [9.17, 15) is 9.90 Å². The van der Waals surface area contributed by atoms with E-state index in [1.165, 1.54) is 6.07 Å². The molecule has 0 fully saturated rings. The van der Waals surface area contributed by atoms with E-state index in [0.717, 1.165) is 0 Å². The molecule has 0 radical (unpaired) electrons. The lowest BCUT2D eigenvalue weighted by Gasteiger charge is -2.12. The van der Waals surface area contributed by atoms with E-state index in [2.05, 4.69) is 5.32 Å². The summed E-state index contributed by atoms with van der Waals surface area (Å²) in [6.45, 7) is 3.44. The Hall–Kier alpha value is -1.62. The van der Waals surface area contributed by atoms with Gasteiger partial charge in [-0.15, -0.1) is 0 Å². The second-order valence-electron chi connectivity index (χ2n) is 3.60. The topological polar surface area (TPSA) is 75.4 Å². The molecule has 1 aromatic rings. The summed E-state index contributed by atoms with van der Waals surface area (Å²) in [5, 5.41) is 12.0. The van der Waals surface area contributed by atoms with Crippen molar-refractivity contribution >= 4 is 23.1 Å². The van der Waals surface area contributed by atoms with Crippen LogP contribution in [-0.4, -0.2) is 22.0 Å². The fourth-order valence-corrected chi connectivity index (χ4v) is 1.21. The van der Waals surface area contributed by atoms with Gasteiger partial charge in [0.2, 0.25) is 0 Å². The number of aromatic hydroxyl groups is 1. The monoisotopic (exact) mass is 238 g/mol. The summed E-state index contributed by atoms with van der Waals surface area (Å²) >= 11 is 4.76. The van der Waals surface area contributed by atoms with Gasteiger partial charge in [0, 0.05) is 5.56 Å². The van der Waals surface area contributed by atoms with Gasteiger partial charge in [0.1, 0.15) is 5.75 Å². The quantitative estimate of drug-likeness (QED) is 0.689. The standard InChI is InChI=1S/C11H14N2O2S/c1-6-5-8(3-4-9(6)14)11(15)13-7(2)10(12)16/h3-5,7,14H,1-2H3,(H2,12,16)(H,13,15). The predicted molar refractivity (Wildman–Crippen MR) is 66.6 cm³/mol. The van der Waals surface area contributed by atoms with E-state index in [1.807, 2.05) is 0 Å². The van der Waals surface area contributed by atoms with Crippen LogP contribution >= 0.6 is 12.2 Å². The first kappa shape index (κ1) is 12.4. The molecular formula is C11H14N2O2S. The number of phenolic OH excluding ortho intramolecular Hbond substituents is 1. The van der Waals surface area contributed by atoms with E-state index in [1.54, 1.807) is 26.0 Å². The first-order valence-electron chi connectivity index (χ1n) is 4.81. The van der Waals surface area contributed by atoms with Gasteiger partial charge in [0.05, 0.1) is 11.0 Å². The van der Waals surface area contributed by atoms with Crippen LogP contribution in [0.5, 0.6) is 5.75 Å². The number of aryl methyl sites for hydroxylation is 1. The van der Waals surface area contributed by atoms with Crippen LogP contribution in [0, 0.1) is 6.92 Å². The number of benzene rings is 1. The fraction of sp³-hybridized carbons (Fsp3) is 0.273. The molecule has 0 spiro atoms. The normalized spacial score (nSPS) is 11.9. The fourth-order valence-electron chi connectivity index (χ4n) is 1.15. The number of amides is 1. The largest absolute Gasteiger partial charge is 0.508 e. The summed E-state index contributed by atoms with van der Waals surface area (Å²) in [4.78, 5) is 12.0. The molecule has 1 unspecified atom stereocenters. The maximum Gasteiger partial charge on any atom is 0.251 e. The van der Waals surface area contributed by atoms with E-state index >= 15 is 0 Å². The van der Waals surface area contributed by atoms with Crippen molar-refractivity contribution in [1.29, 1.82) is 0 Å². The third-order valence-electron chi connectivity index (χ3n) is 2.23. The van der Waals surface area contributed by atoms with Gasteiger partial charge in [0.25, 0.3) is 5.91 Å². The number of rotatable bonds is 3. The Kier molecular flexibility index (Phi) is 3.84. The zero-order valence-electron chi connectivity index (χ0n) is 9.15. The van der Waals surface area contributed by atoms with Gasteiger partial charge < -0.3 is 16.2 Å². The predicted octanol–water partition coefficient (Wildman–Crippen LogP) is 1.11. The Morgan fingerprint density at radius 1 is 1.56 bits per heavy atom. The Balaban J connectivity index is 2.81. The molecule has 4 N–H and O–H groups in total. The molecule has 0 saturated heterocycles. The van der Waals surface area contributed by atoms with E-state index < -0.39 is 0 Å². The summed E-state index contributed by atoms with van der Waals surface area (Å²) in [5.74, 6) is -0.0951. The molecule has 4 nitrogen and oxygen atoms in total. The van der Waals surface area contributed by atoms with Crippen LogP contribution in [0.25, 0.3) is 0 Å². The highest BCUT2D eigenvalue weighted by Crippen LogP contribution is 2.16. The van der Waals surface area contributed by atoms with Gasteiger partial charge in [-0.05, 0) is 37.6 Å². The Bertz CT molecular complexity index is 432. The molecule has 16 heavy (non-hydrogen) atoms. The van der Waals surface area contributed by atoms with E-state index in [4.69, 9.17) is 18.0 Å². The van der Waals surface area contributed by atoms with Gasteiger partial charge in [0.15, 0.2) is 0 Å². The Morgan fingerprint density at radius 2 is 2.19 bits per heavy atom. The van der Waals surface area contributed by atoms with Crippen molar-refractivity contribution in [2.45, 2.75) is 19.9 Å². The molecule has 0 saturated carbocycles. The minimum absolute atomic E-state index is 0.166. The number of nitrogens with two attached hydrogens (primary N) is 1. The van der Waals surface area contributed by atoms with Gasteiger partial charge in [-0.2, -0.15) is 0 Å². The molecule has 0 aliphatic heterocycles. The lowest BCUT2D eigenvalue weighted by molar-refractivity contribution is 0.0949. The summed E-state index contributed by atoms with van der Waals surface area (Å²) in [6.07, 6.45) is 0. The number of thiocarbonyl (C=S) groups is 1. The van der Waals surface area contributed by atoms with Crippen molar-refractivity contribution in [3.8, 4) is 5.75 Å². The Morgan fingerprint density at radius 3 is 2.69 bits per heavy atom. The number of hydrogen-bond acceptors (Lipinski definition) is 3. The summed E-state index contributed by atoms with van der Waals surface area (Å²) in [6, 6.07) is 4.29. The van der Waals surface area contributed by atoms with E-state index in [0.29, 0.717) is 11.1 Å². The average Bonchev–Trinajstić information content (AvgIpc) is 2.21. The van der Waals surface area contributed by atoms with Gasteiger partial charge >= 0.3 is 0 Å². The molecule has 1 rings (SSSR count). The summed E-state index contributed by atoms with van der Waals surface area (Å²) < 4.78 is 0. The molecule has 86 valence electrons. The van der Waals surface area contributed by atoms with Crippen molar-refractivity contribution in [2.75, 3.05) is 0 Å². The van der Waals surface area contributed by atoms with E-state index in [-0.39, 0.29) is 22.7 Å². The molecule has 0 aliphatic rings. The third kappa shape index (κ3) is 2.93. The second-order valence-corrected chi connectivity index (χ2v) is 4.07. The lowest BCUT2D eigenvalue weighted by Crippen LogP contribution is -2.41. The molecule has 5 heteroatoms. The zero-order valence-corrected chi connectivity index (χ0v) is 9.97. The van der Waals surface area contributed by atoms with Crippen molar-refractivity contribution < 1.29 is 9.90 Å². The van der Waals surface area contributed by atoms with Crippen LogP contribution in [-0.2, 0) is 0 Å². The smallest absolute Gasteiger partial charge is 0.251 e. The summed E-state index contributed by atoms with van der Waals surface area (Å²) in [5.41, 5.74) is 6.51. The van der Waals surface area contributed by atoms with Crippen LogP contribution in [0.15, 0.2) is 18.2 Å². The van der Waals surface area contributed by atoms with Crippen LogP contribution in [0.2, 0.25) is 0 Å². The SMILES string of the molecule is Cc1cc(C(=O)NC(C)C(N)=S)ccc1O. The van der Waals surface area contributed by atoms with Crippen molar-refractivity contribution in [1.82, 2.24) is 5.32 Å². The van der Waals surface area contributed by atoms with Gasteiger partial charge in [-0.3, -0.25) is 4.79 Å². The minimum Gasteiger partial charge on any atom is -0.508 e. The molecule has 1 aromatic carbocycles.